The van der Waals surface area contributed by atoms with Crippen molar-refractivity contribution in [2.24, 2.45) is 11.7 Å². The average Bonchev–Trinajstić information content (AvgIpc) is 2.50. The van der Waals surface area contributed by atoms with Crippen molar-refractivity contribution < 1.29 is 9.59 Å². The SMILES string of the molecule is C[C@@H](NC(=O)N1CCC(C(N)=O)CC1)c1ccc(Cl)c(Cl)c1. The zero-order valence-electron chi connectivity index (χ0n) is 12.3. The molecule has 2 rings (SSSR count). The molecule has 1 heterocycles. The third-order valence-electron chi connectivity index (χ3n) is 3.97. The molecular formula is C15H19Cl2N3O2. The van der Waals surface area contributed by atoms with Gasteiger partial charge in [0.2, 0.25) is 5.91 Å². The molecule has 1 saturated heterocycles. The first-order valence-electron chi connectivity index (χ1n) is 7.18. The minimum Gasteiger partial charge on any atom is -0.369 e. The van der Waals surface area contributed by atoms with Crippen LogP contribution in [-0.4, -0.2) is 29.9 Å². The smallest absolute Gasteiger partial charge is 0.317 e. The number of hydrogen-bond donors (Lipinski definition) is 2. The van der Waals surface area contributed by atoms with Gasteiger partial charge in [-0.25, -0.2) is 4.79 Å². The molecule has 0 radical (unpaired) electrons. The number of halogens is 2. The highest BCUT2D eigenvalue weighted by Gasteiger charge is 2.26. The van der Waals surface area contributed by atoms with Crippen LogP contribution >= 0.6 is 23.2 Å². The van der Waals surface area contributed by atoms with E-state index in [0.717, 1.165) is 5.56 Å². The molecule has 1 aliphatic rings. The number of carbonyl (C=O) groups excluding carboxylic acids is 2. The molecule has 22 heavy (non-hydrogen) atoms. The van der Waals surface area contributed by atoms with Crippen LogP contribution < -0.4 is 11.1 Å². The van der Waals surface area contributed by atoms with E-state index in [-0.39, 0.29) is 23.9 Å². The Kier molecular flexibility index (Phi) is 5.53. The number of urea groups is 1. The number of hydrogen-bond acceptors (Lipinski definition) is 2. The summed E-state index contributed by atoms with van der Waals surface area (Å²) >= 11 is 11.9. The summed E-state index contributed by atoms with van der Waals surface area (Å²) in [5.41, 5.74) is 6.17. The summed E-state index contributed by atoms with van der Waals surface area (Å²) in [7, 11) is 0. The van der Waals surface area contributed by atoms with Crippen molar-refractivity contribution in [3.63, 3.8) is 0 Å². The first-order chi connectivity index (χ1) is 10.4. The summed E-state index contributed by atoms with van der Waals surface area (Å²) in [6.07, 6.45) is 1.23. The lowest BCUT2D eigenvalue weighted by Gasteiger charge is -2.31. The number of piperidine rings is 1. The maximum atomic E-state index is 12.2. The van der Waals surface area contributed by atoms with Gasteiger partial charge in [0.15, 0.2) is 0 Å². The molecule has 0 aliphatic carbocycles. The van der Waals surface area contributed by atoms with Gasteiger partial charge >= 0.3 is 6.03 Å². The lowest BCUT2D eigenvalue weighted by atomic mass is 9.96. The van der Waals surface area contributed by atoms with Crippen molar-refractivity contribution in [1.82, 2.24) is 10.2 Å². The van der Waals surface area contributed by atoms with Gasteiger partial charge in [-0.15, -0.1) is 0 Å². The third-order valence-corrected chi connectivity index (χ3v) is 4.71. The Morgan fingerprint density at radius 1 is 1.27 bits per heavy atom. The fourth-order valence-corrected chi connectivity index (χ4v) is 2.82. The average molecular weight is 344 g/mol. The summed E-state index contributed by atoms with van der Waals surface area (Å²) in [5.74, 6) is -0.416. The van der Waals surface area contributed by atoms with Crippen molar-refractivity contribution in [2.75, 3.05) is 13.1 Å². The van der Waals surface area contributed by atoms with Crippen LogP contribution in [0.5, 0.6) is 0 Å². The number of nitrogens with two attached hydrogens (primary N) is 1. The molecule has 1 aromatic carbocycles. The van der Waals surface area contributed by atoms with E-state index in [2.05, 4.69) is 5.32 Å². The molecule has 3 N–H and O–H groups in total. The first kappa shape index (κ1) is 16.9. The highest BCUT2D eigenvalue weighted by Crippen LogP contribution is 2.26. The third kappa shape index (κ3) is 4.05. The Morgan fingerprint density at radius 2 is 1.91 bits per heavy atom. The molecule has 1 aliphatic heterocycles. The highest BCUT2D eigenvalue weighted by atomic mass is 35.5. The number of nitrogens with zero attached hydrogens (tertiary/aromatic N) is 1. The summed E-state index contributed by atoms with van der Waals surface area (Å²) in [5, 5.41) is 3.87. The molecule has 120 valence electrons. The quantitative estimate of drug-likeness (QED) is 0.885. The number of benzene rings is 1. The maximum absolute atomic E-state index is 12.2. The van der Waals surface area contributed by atoms with Crippen molar-refractivity contribution in [2.45, 2.75) is 25.8 Å². The minimum atomic E-state index is -0.288. The molecule has 1 fully saturated rings. The summed E-state index contributed by atoms with van der Waals surface area (Å²) in [6, 6.07) is 4.95. The van der Waals surface area contributed by atoms with Crippen LogP contribution in [0.15, 0.2) is 18.2 Å². The summed E-state index contributed by atoms with van der Waals surface area (Å²) in [6.45, 7) is 2.95. The van der Waals surface area contributed by atoms with Gasteiger partial charge in [-0.3, -0.25) is 4.79 Å². The van der Waals surface area contributed by atoms with Crippen LogP contribution in [0.2, 0.25) is 10.0 Å². The van der Waals surface area contributed by atoms with Gasteiger partial charge in [-0.1, -0.05) is 29.3 Å². The number of rotatable bonds is 3. The van der Waals surface area contributed by atoms with Gasteiger partial charge in [0.1, 0.15) is 0 Å². The van der Waals surface area contributed by atoms with Crippen LogP contribution in [0.4, 0.5) is 4.79 Å². The molecule has 0 unspecified atom stereocenters. The first-order valence-corrected chi connectivity index (χ1v) is 7.93. The molecule has 7 heteroatoms. The largest absolute Gasteiger partial charge is 0.369 e. The molecule has 5 nitrogen and oxygen atoms in total. The minimum absolute atomic E-state index is 0.128. The zero-order valence-corrected chi connectivity index (χ0v) is 13.8. The van der Waals surface area contributed by atoms with E-state index in [1.807, 2.05) is 13.0 Å². The van der Waals surface area contributed by atoms with Crippen molar-refractivity contribution in [1.29, 1.82) is 0 Å². The van der Waals surface area contributed by atoms with E-state index in [9.17, 15) is 9.59 Å². The summed E-state index contributed by atoms with van der Waals surface area (Å²) < 4.78 is 0. The van der Waals surface area contributed by atoms with Gasteiger partial charge in [0, 0.05) is 19.0 Å². The fraction of sp³-hybridized carbons (Fsp3) is 0.467. The zero-order chi connectivity index (χ0) is 16.3. The van der Waals surface area contributed by atoms with E-state index in [0.29, 0.717) is 36.0 Å². The van der Waals surface area contributed by atoms with Gasteiger partial charge in [0.05, 0.1) is 16.1 Å². The van der Waals surface area contributed by atoms with E-state index in [4.69, 9.17) is 28.9 Å². The van der Waals surface area contributed by atoms with Gasteiger partial charge in [-0.05, 0) is 37.5 Å². The van der Waals surface area contributed by atoms with E-state index in [1.165, 1.54) is 0 Å². The van der Waals surface area contributed by atoms with Gasteiger partial charge < -0.3 is 16.0 Å². The predicted molar refractivity (Wildman–Crippen MR) is 86.9 cm³/mol. The lowest BCUT2D eigenvalue weighted by Crippen LogP contribution is -2.46. The predicted octanol–water partition coefficient (Wildman–Crippen LogP) is 2.96. The van der Waals surface area contributed by atoms with Crippen molar-refractivity contribution >= 4 is 35.1 Å². The van der Waals surface area contributed by atoms with Crippen LogP contribution in [0, 0.1) is 5.92 Å². The van der Waals surface area contributed by atoms with Crippen molar-refractivity contribution in [3.05, 3.63) is 33.8 Å². The standard InChI is InChI=1S/C15H19Cl2N3O2/c1-9(11-2-3-12(16)13(17)8-11)19-15(22)20-6-4-10(5-7-20)14(18)21/h2-3,8-10H,4-7H2,1H3,(H2,18,21)(H,19,22)/t9-/m1/s1. The number of amides is 3. The number of likely N-dealkylation sites (tertiary alicyclic amines) is 1. The molecule has 3 amide bonds. The second-order valence-corrected chi connectivity index (χ2v) is 6.32. The molecule has 0 spiro atoms. The molecule has 0 saturated carbocycles. The van der Waals surface area contributed by atoms with Crippen molar-refractivity contribution in [3.8, 4) is 0 Å². The van der Waals surface area contributed by atoms with E-state index in [1.54, 1.807) is 17.0 Å². The molecule has 1 aromatic rings. The normalized spacial score (nSPS) is 17.1. The second-order valence-electron chi connectivity index (χ2n) is 5.51. The molecular weight excluding hydrogens is 325 g/mol. The number of primary amides is 1. The number of nitrogens with one attached hydrogen (secondary N) is 1. The molecule has 1 atom stereocenters. The monoisotopic (exact) mass is 343 g/mol. The van der Waals surface area contributed by atoms with Crippen LogP contribution in [0.1, 0.15) is 31.4 Å². The van der Waals surface area contributed by atoms with Gasteiger partial charge in [-0.2, -0.15) is 0 Å². The highest BCUT2D eigenvalue weighted by molar-refractivity contribution is 6.42. The Labute approximate surface area is 139 Å². The lowest BCUT2D eigenvalue weighted by molar-refractivity contribution is -0.123. The Hall–Kier alpha value is -1.46. The maximum Gasteiger partial charge on any atom is 0.317 e. The topological polar surface area (TPSA) is 75.4 Å². The Morgan fingerprint density at radius 3 is 2.45 bits per heavy atom. The number of carbonyl (C=O) groups is 2. The van der Waals surface area contributed by atoms with E-state index < -0.39 is 0 Å². The van der Waals surface area contributed by atoms with Crippen LogP contribution in [-0.2, 0) is 4.79 Å². The van der Waals surface area contributed by atoms with Crippen LogP contribution in [0.3, 0.4) is 0 Å². The van der Waals surface area contributed by atoms with E-state index >= 15 is 0 Å². The second kappa shape index (κ2) is 7.20. The fourth-order valence-electron chi connectivity index (χ4n) is 2.51. The van der Waals surface area contributed by atoms with Gasteiger partial charge in [0.25, 0.3) is 0 Å². The molecule has 0 aromatic heterocycles. The van der Waals surface area contributed by atoms with Crippen LogP contribution in [0.25, 0.3) is 0 Å². The summed E-state index contributed by atoms with van der Waals surface area (Å²) in [4.78, 5) is 25.1. The molecule has 0 bridgehead atoms. The Balaban J connectivity index is 1.91. The Bertz CT molecular complexity index is 572.